The third kappa shape index (κ3) is 5.83. The van der Waals surface area contributed by atoms with Crippen molar-refractivity contribution < 1.29 is 9.90 Å². The molecule has 0 fully saturated rings. The van der Waals surface area contributed by atoms with Crippen molar-refractivity contribution >= 4 is 11.6 Å². The molecule has 5 nitrogen and oxygen atoms in total. The summed E-state index contributed by atoms with van der Waals surface area (Å²) in [6.45, 7) is 5.82. The Morgan fingerprint density at radius 3 is 2.81 bits per heavy atom. The molecule has 0 radical (unpaired) electrons. The van der Waals surface area contributed by atoms with Gasteiger partial charge in [-0.05, 0) is 37.6 Å². The van der Waals surface area contributed by atoms with Gasteiger partial charge in [0.25, 0.3) is 0 Å². The molecule has 0 aliphatic rings. The SMILES string of the molecule is CCCCN(CCO)C(C)C(=O)Nc1cccc(CN)c1. The fourth-order valence-corrected chi connectivity index (χ4v) is 2.18. The number of unbranched alkanes of at least 4 members (excludes halogenated alkanes) is 1. The Morgan fingerprint density at radius 2 is 2.19 bits per heavy atom. The summed E-state index contributed by atoms with van der Waals surface area (Å²) < 4.78 is 0. The van der Waals surface area contributed by atoms with Gasteiger partial charge in [-0.2, -0.15) is 0 Å². The Balaban J connectivity index is 2.66. The fraction of sp³-hybridized carbons (Fsp3) is 0.562. The van der Waals surface area contributed by atoms with Crippen molar-refractivity contribution in [3.05, 3.63) is 29.8 Å². The van der Waals surface area contributed by atoms with Crippen LogP contribution in [0.2, 0.25) is 0 Å². The van der Waals surface area contributed by atoms with E-state index in [1.165, 1.54) is 0 Å². The van der Waals surface area contributed by atoms with Crippen LogP contribution < -0.4 is 11.1 Å². The lowest BCUT2D eigenvalue weighted by molar-refractivity contribution is -0.120. The summed E-state index contributed by atoms with van der Waals surface area (Å²) in [4.78, 5) is 14.3. The van der Waals surface area contributed by atoms with Crippen LogP contribution in [0.15, 0.2) is 24.3 Å². The zero-order chi connectivity index (χ0) is 15.7. The summed E-state index contributed by atoms with van der Waals surface area (Å²) in [5, 5.41) is 12.1. The van der Waals surface area contributed by atoms with Gasteiger partial charge in [0.15, 0.2) is 0 Å². The van der Waals surface area contributed by atoms with Gasteiger partial charge >= 0.3 is 0 Å². The van der Waals surface area contributed by atoms with Gasteiger partial charge in [-0.25, -0.2) is 0 Å². The second-order valence-electron chi connectivity index (χ2n) is 5.18. The first-order valence-electron chi connectivity index (χ1n) is 7.57. The lowest BCUT2D eigenvalue weighted by atomic mass is 10.2. The van der Waals surface area contributed by atoms with Gasteiger partial charge in [0.1, 0.15) is 0 Å². The molecule has 1 aromatic carbocycles. The van der Waals surface area contributed by atoms with Crippen LogP contribution in [0.4, 0.5) is 5.69 Å². The van der Waals surface area contributed by atoms with Crippen LogP contribution in [0.3, 0.4) is 0 Å². The number of nitrogens with one attached hydrogen (secondary N) is 1. The first-order valence-corrected chi connectivity index (χ1v) is 7.57. The number of aliphatic hydroxyl groups excluding tert-OH is 1. The van der Waals surface area contributed by atoms with Crippen LogP contribution in [0, 0.1) is 0 Å². The third-order valence-corrected chi connectivity index (χ3v) is 3.54. The van der Waals surface area contributed by atoms with Crippen LogP contribution in [0.5, 0.6) is 0 Å². The molecule has 1 aromatic rings. The number of nitrogens with zero attached hydrogens (tertiary/aromatic N) is 1. The number of rotatable bonds is 9. The van der Waals surface area contributed by atoms with Crippen molar-refractivity contribution in [1.29, 1.82) is 0 Å². The molecule has 4 N–H and O–H groups in total. The second kappa shape index (κ2) is 9.50. The number of hydrogen-bond acceptors (Lipinski definition) is 4. The van der Waals surface area contributed by atoms with Crippen LogP contribution in [-0.2, 0) is 11.3 Å². The van der Waals surface area contributed by atoms with Gasteiger partial charge in [-0.3, -0.25) is 9.69 Å². The predicted octanol–water partition coefficient (Wildman–Crippen LogP) is 1.57. The van der Waals surface area contributed by atoms with Crippen LogP contribution >= 0.6 is 0 Å². The highest BCUT2D eigenvalue weighted by atomic mass is 16.3. The maximum absolute atomic E-state index is 12.3. The molecule has 118 valence electrons. The van der Waals surface area contributed by atoms with E-state index in [1.807, 2.05) is 36.1 Å². The minimum absolute atomic E-state index is 0.0595. The first-order chi connectivity index (χ1) is 10.1. The molecule has 1 amide bonds. The maximum atomic E-state index is 12.3. The van der Waals surface area contributed by atoms with E-state index >= 15 is 0 Å². The molecule has 1 atom stereocenters. The average molecular weight is 293 g/mol. The number of benzene rings is 1. The normalized spacial score (nSPS) is 12.4. The Bertz CT molecular complexity index is 437. The van der Waals surface area contributed by atoms with E-state index in [0.717, 1.165) is 30.6 Å². The number of carbonyl (C=O) groups excluding carboxylic acids is 1. The van der Waals surface area contributed by atoms with Crippen molar-refractivity contribution in [3.63, 3.8) is 0 Å². The van der Waals surface area contributed by atoms with Crippen molar-refractivity contribution in [2.75, 3.05) is 25.0 Å². The molecule has 0 spiro atoms. The second-order valence-corrected chi connectivity index (χ2v) is 5.18. The molecule has 0 heterocycles. The Kier molecular flexibility index (Phi) is 7.97. The number of hydrogen-bond donors (Lipinski definition) is 3. The lowest BCUT2D eigenvalue weighted by Gasteiger charge is -2.27. The van der Waals surface area contributed by atoms with E-state index in [9.17, 15) is 4.79 Å². The predicted molar refractivity (Wildman–Crippen MR) is 86.0 cm³/mol. The molecule has 0 saturated carbocycles. The van der Waals surface area contributed by atoms with E-state index in [4.69, 9.17) is 10.8 Å². The van der Waals surface area contributed by atoms with Gasteiger partial charge in [0.2, 0.25) is 5.91 Å². The van der Waals surface area contributed by atoms with E-state index in [0.29, 0.717) is 13.1 Å². The molecule has 5 heteroatoms. The summed E-state index contributed by atoms with van der Waals surface area (Å²) in [7, 11) is 0. The molecule has 0 aliphatic carbocycles. The van der Waals surface area contributed by atoms with E-state index < -0.39 is 0 Å². The zero-order valence-corrected chi connectivity index (χ0v) is 13.0. The molecule has 21 heavy (non-hydrogen) atoms. The van der Waals surface area contributed by atoms with Gasteiger partial charge in [0.05, 0.1) is 12.6 Å². The number of carbonyl (C=O) groups is 1. The molecule has 0 saturated heterocycles. The first kappa shape index (κ1) is 17.6. The van der Waals surface area contributed by atoms with Crippen molar-refractivity contribution in [2.45, 2.75) is 39.3 Å². The zero-order valence-electron chi connectivity index (χ0n) is 13.0. The number of aliphatic hydroxyl groups is 1. The van der Waals surface area contributed by atoms with Crippen LogP contribution in [0.25, 0.3) is 0 Å². The molecule has 0 bridgehead atoms. The highest BCUT2D eigenvalue weighted by Gasteiger charge is 2.20. The van der Waals surface area contributed by atoms with E-state index in [-0.39, 0.29) is 18.6 Å². The van der Waals surface area contributed by atoms with Gasteiger partial charge in [-0.1, -0.05) is 25.5 Å². The highest BCUT2D eigenvalue weighted by Crippen LogP contribution is 2.12. The van der Waals surface area contributed by atoms with Gasteiger partial charge in [0, 0.05) is 18.8 Å². The lowest BCUT2D eigenvalue weighted by Crippen LogP contribution is -2.44. The Morgan fingerprint density at radius 1 is 1.43 bits per heavy atom. The van der Waals surface area contributed by atoms with E-state index in [2.05, 4.69) is 12.2 Å². The Labute approximate surface area is 127 Å². The molecule has 0 aromatic heterocycles. The summed E-state index contributed by atoms with van der Waals surface area (Å²) >= 11 is 0. The average Bonchev–Trinajstić information content (AvgIpc) is 2.50. The van der Waals surface area contributed by atoms with Crippen molar-refractivity contribution in [2.24, 2.45) is 5.73 Å². The summed E-state index contributed by atoms with van der Waals surface area (Å²) in [5.74, 6) is -0.0614. The van der Waals surface area contributed by atoms with Crippen molar-refractivity contribution in [1.82, 2.24) is 4.90 Å². The summed E-state index contributed by atoms with van der Waals surface area (Å²) in [6.07, 6.45) is 2.08. The standard InChI is InChI=1S/C16H27N3O2/c1-3-4-8-19(9-10-20)13(2)16(21)18-15-7-5-6-14(11-15)12-17/h5-7,11,13,20H,3-4,8-10,12,17H2,1-2H3,(H,18,21). The van der Waals surface area contributed by atoms with E-state index in [1.54, 1.807) is 0 Å². The Hall–Kier alpha value is -1.43. The monoisotopic (exact) mass is 293 g/mol. The minimum atomic E-state index is -0.273. The molecule has 1 rings (SSSR count). The number of nitrogens with two attached hydrogens (primary N) is 1. The highest BCUT2D eigenvalue weighted by molar-refractivity contribution is 5.94. The molecular weight excluding hydrogens is 266 g/mol. The molecule has 1 unspecified atom stereocenters. The summed E-state index contributed by atoms with van der Waals surface area (Å²) in [5.41, 5.74) is 7.35. The molecule has 0 aliphatic heterocycles. The topological polar surface area (TPSA) is 78.6 Å². The largest absolute Gasteiger partial charge is 0.395 e. The third-order valence-electron chi connectivity index (χ3n) is 3.54. The number of amides is 1. The smallest absolute Gasteiger partial charge is 0.241 e. The quantitative estimate of drug-likeness (QED) is 0.646. The van der Waals surface area contributed by atoms with Crippen LogP contribution in [0.1, 0.15) is 32.3 Å². The van der Waals surface area contributed by atoms with Gasteiger partial charge < -0.3 is 16.2 Å². The fourth-order valence-electron chi connectivity index (χ4n) is 2.18. The maximum Gasteiger partial charge on any atom is 0.241 e. The number of anilines is 1. The van der Waals surface area contributed by atoms with Gasteiger partial charge in [-0.15, -0.1) is 0 Å². The van der Waals surface area contributed by atoms with Crippen molar-refractivity contribution in [3.8, 4) is 0 Å². The molecular formula is C16H27N3O2. The summed E-state index contributed by atoms with van der Waals surface area (Å²) in [6, 6.07) is 7.27. The minimum Gasteiger partial charge on any atom is -0.395 e. The van der Waals surface area contributed by atoms with Crippen LogP contribution in [-0.4, -0.2) is 41.7 Å².